The molecular formula is C13H16N4O2. The quantitative estimate of drug-likeness (QED) is 0.875. The minimum Gasteiger partial charge on any atom is -0.334 e. The summed E-state index contributed by atoms with van der Waals surface area (Å²) in [4.78, 5) is 15.9. The van der Waals surface area contributed by atoms with E-state index in [0.29, 0.717) is 17.3 Å². The van der Waals surface area contributed by atoms with Crippen molar-refractivity contribution in [3.8, 4) is 11.5 Å². The maximum Gasteiger partial charge on any atom is 0.258 e. The summed E-state index contributed by atoms with van der Waals surface area (Å²) in [5.41, 5.74) is 6.32. The molecule has 0 amide bonds. The van der Waals surface area contributed by atoms with Crippen molar-refractivity contribution in [1.29, 1.82) is 0 Å². The molecule has 0 saturated heterocycles. The van der Waals surface area contributed by atoms with E-state index in [1.165, 1.54) is 10.6 Å². The normalized spacial score (nSPS) is 17.8. The predicted octanol–water partition coefficient (Wildman–Crippen LogP) is 1.16. The Bertz CT molecular complexity index is 653. The Morgan fingerprint density at radius 2 is 2.16 bits per heavy atom. The summed E-state index contributed by atoms with van der Waals surface area (Å²) in [6.45, 7) is 0. The number of hydrogen-bond donors (Lipinski definition) is 1. The maximum absolute atomic E-state index is 11.6. The molecule has 1 fully saturated rings. The zero-order valence-electron chi connectivity index (χ0n) is 10.8. The van der Waals surface area contributed by atoms with E-state index in [2.05, 4.69) is 10.1 Å². The summed E-state index contributed by atoms with van der Waals surface area (Å²) in [7, 11) is 1.69. The molecule has 1 aliphatic rings. The Balaban J connectivity index is 1.96. The van der Waals surface area contributed by atoms with Crippen LogP contribution in [0, 0.1) is 0 Å². The summed E-state index contributed by atoms with van der Waals surface area (Å²) < 4.78 is 6.72. The van der Waals surface area contributed by atoms with Crippen molar-refractivity contribution in [3.05, 3.63) is 34.5 Å². The van der Waals surface area contributed by atoms with Crippen LogP contribution in [-0.4, -0.2) is 14.7 Å². The highest BCUT2D eigenvalue weighted by Crippen LogP contribution is 2.35. The van der Waals surface area contributed by atoms with Gasteiger partial charge in [-0.3, -0.25) is 4.79 Å². The molecule has 0 aliphatic heterocycles. The summed E-state index contributed by atoms with van der Waals surface area (Å²) in [6.07, 6.45) is 5.61. The fourth-order valence-corrected chi connectivity index (χ4v) is 2.45. The standard InChI is InChI=1S/C13H16N4O2/c1-17-7-4-9(8-10(17)18)11-15-12(16-19-11)13(14)5-2-3-6-13/h4,7-8H,2-3,5-6,14H2,1H3. The number of aryl methyl sites for hydroxylation is 1. The van der Waals surface area contributed by atoms with Crippen LogP contribution in [0.15, 0.2) is 27.6 Å². The van der Waals surface area contributed by atoms with Gasteiger partial charge in [0.15, 0.2) is 5.82 Å². The van der Waals surface area contributed by atoms with E-state index in [1.807, 2.05) is 0 Å². The van der Waals surface area contributed by atoms with Gasteiger partial charge in [-0.2, -0.15) is 4.98 Å². The van der Waals surface area contributed by atoms with Crippen LogP contribution in [0.25, 0.3) is 11.5 Å². The summed E-state index contributed by atoms with van der Waals surface area (Å²) in [5.74, 6) is 0.894. The molecule has 100 valence electrons. The van der Waals surface area contributed by atoms with Crippen LogP contribution in [-0.2, 0) is 12.6 Å². The van der Waals surface area contributed by atoms with Crippen LogP contribution in [0.2, 0.25) is 0 Å². The molecule has 0 atom stereocenters. The first kappa shape index (κ1) is 12.1. The van der Waals surface area contributed by atoms with Gasteiger partial charge in [-0.1, -0.05) is 18.0 Å². The van der Waals surface area contributed by atoms with Crippen molar-refractivity contribution in [1.82, 2.24) is 14.7 Å². The van der Waals surface area contributed by atoms with Gasteiger partial charge in [-0.05, 0) is 18.9 Å². The fourth-order valence-electron chi connectivity index (χ4n) is 2.45. The second kappa shape index (κ2) is 4.31. The largest absolute Gasteiger partial charge is 0.334 e. The van der Waals surface area contributed by atoms with Gasteiger partial charge < -0.3 is 14.8 Å². The highest BCUT2D eigenvalue weighted by molar-refractivity contribution is 5.51. The van der Waals surface area contributed by atoms with E-state index in [4.69, 9.17) is 10.3 Å². The van der Waals surface area contributed by atoms with Crippen molar-refractivity contribution in [2.75, 3.05) is 0 Å². The van der Waals surface area contributed by atoms with Gasteiger partial charge in [0.25, 0.3) is 11.4 Å². The molecule has 6 heteroatoms. The van der Waals surface area contributed by atoms with E-state index in [0.717, 1.165) is 25.7 Å². The summed E-state index contributed by atoms with van der Waals surface area (Å²) in [5, 5.41) is 3.98. The average Bonchev–Trinajstić information content (AvgIpc) is 3.02. The predicted molar refractivity (Wildman–Crippen MR) is 69.3 cm³/mol. The van der Waals surface area contributed by atoms with Gasteiger partial charge in [0.1, 0.15) is 0 Å². The van der Waals surface area contributed by atoms with Crippen molar-refractivity contribution in [2.45, 2.75) is 31.2 Å². The Morgan fingerprint density at radius 3 is 2.84 bits per heavy atom. The van der Waals surface area contributed by atoms with E-state index >= 15 is 0 Å². The molecule has 0 aromatic carbocycles. The molecule has 1 saturated carbocycles. The van der Waals surface area contributed by atoms with Gasteiger partial charge in [0, 0.05) is 24.9 Å². The average molecular weight is 260 g/mol. The number of nitrogens with zero attached hydrogens (tertiary/aromatic N) is 3. The smallest absolute Gasteiger partial charge is 0.258 e. The lowest BCUT2D eigenvalue weighted by atomic mass is 9.99. The third-order valence-electron chi connectivity index (χ3n) is 3.72. The van der Waals surface area contributed by atoms with Crippen LogP contribution in [0.5, 0.6) is 0 Å². The molecule has 0 spiro atoms. The lowest BCUT2D eigenvalue weighted by Gasteiger charge is -2.17. The molecule has 0 radical (unpaired) electrons. The van der Waals surface area contributed by atoms with Gasteiger partial charge >= 0.3 is 0 Å². The highest BCUT2D eigenvalue weighted by atomic mass is 16.5. The van der Waals surface area contributed by atoms with E-state index in [1.54, 1.807) is 19.3 Å². The van der Waals surface area contributed by atoms with E-state index in [9.17, 15) is 4.79 Å². The van der Waals surface area contributed by atoms with Crippen LogP contribution < -0.4 is 11.3 Å². The molecule has 3 rings (SSSR count). The Labute approximate surface area is 110 Å². The fraction of sp³-hybridized carbons (Fsp3) is 0.462. The van der Waals surface area contributed by atoms with Crippen LogP contribution >= 0.6 is 0 Å². The van der Waals surface area contributed by atoms with Gasteiger partial charge in [-0.25, -0.2) is 0 Å². The lowest BCUT2D eigenvalue weighted by molar-refractivity contribution is 0.372. The van der Waals surface area contributed by atoms with Crippen LogP contribution in [0.1, 0.15) is 31.5 Å². The SMILES string of the molecule is Cn1ccc(-c2nc(C3(N)CCCC3)no2)cc1=O. The van der Waals surface area contributed by atoms with Crippen molar-refractivity contribution < 1.29 is 4.52 Å². The second-order valence-electron chi connectivity index (χ2n) is 5.15. The number of hydrogen-bond acceptors (Lipinski definition) is 5. The first-order valence-electron chi connectivity index (χ1n) is 6.39. The van der Waals surface area contributed by atoms with Crippen molar-refractivity contribution >= 4 is 0 Å². The molecule has 0 bridgehead atoms. The van der Waals surface area contributed by atoms with Gasteiger partial charge in [-0.15, -0.1) is 0 Å². The third kappa shape index (κ3) is 2.08. The molecular weight excluding hydrogens is 244 g/mol. The minimum absolute atomic E-state index is 0.111. The number of pyridine rings is 1. The molecule has 19 heavy (non-hydrogen) atoms. The van der Waals surface area contributed by atoms with Crippen molar-refractivity contribution in [2.24, 2.45) is 12.8 Å². The Hall–Kier alpha value is -1.95. The van der Waals surface area contributed by atoms with Crippen LogP contribution in [0.3, 0.4) is 0 Å². The molecule has 2 aromatic rings. The second-order valence-corrected chi connectivity index (χ2v) is 5.15. The number of rotatable bonds is 2. The zero-order chi connectivity index (χ0) is 13.5. The highest BCUT2D eigenvalue weighted by Gasteiger charge is 2.36. The number of nitrogens with two attached hydrogens (primary N) is 1. The molecule has 2 N–H and O–H groups in total. The van der Waals surface area contributed by atoms with Crippen LogP contribution in [0.4, 0.5) is 0 Å². The Kier molecular flexibility index (Phi) is 2.74. The third-order valence-corrected chi connectivity index (χ3v) is 3.72. The first-order valence-corrected chi connectivity index (χ1v) is 6.39. The minimum atomic E-state index is -0.471. The molecule has 2 aromatic heterocycles. The van der Waals surface area contributed by atoms with Gasteiger partial charge in [0.2, 0.25) is 0 Å². The van der Waals surface area contributed by atoms with E-state index < -0.39 is 5.54 Å². The Morgan fingerprint density at radius 1 is 1.42 bits per heavy atom. The molecule has 0 unspecified atom stereocenters. The topological polar surface area (TPSA) is 86.9 Å². The lowest BCUT2D eigenvalue weighted by Crippen LogP contribution is -2.34. The van der Waals surface area contributed by atoms with Gasteiger partial charge in [0.05, 0.1) is 5.54 Å². The first-order chi connectivity index (χ1) is 9.08. The summed E-state index contributed by atoms with van der Waals surface area (Å²) >= 11 is 0. The molecule has 1 aliphatic carbocycles. The molecule has 2 heterocycles. The summed E-state index contributed by atoms with van der Waals surface area (Å²) in [6, 6.07) is 3.26. The molecule has 6 nitrogen and oxygen atoms in total. The maximum atomic E-state index is 11.6. The monoisotopic (exact) mass is 260 g/mol. The van der Waals surface area contributed by atoms with E-state index in [-0.39, 0.29) is 5.56 Å². The zero-order valence-corrected chi connectivity index (χ0v) is 10.8. The number of aromatic nitrogens is 3. The van der Waals surface area contributed by atoms with Crippen molar-refractivity contribution in [3.63, 3.8) is 0 Å².